The number of hydrogen-bond acceptors (Lipinski definition) is 5. The van der Waals surface area contributed by atoms with E-state index in [1.54, 1.807) is 0 Å². The number of thioether (sulfide) groups is 1. The minimum absolute atomic E-state index is 0.0419. The van der Waals surface area contributed by atoms with Crippen molar-refractivity contribution < 1.29 is 9.53 Å². The molecule has 2 aromatic carbocycles. The molecule has 6 nitrogen and oxygen atoms in total. The molecule has 1 N–H and O–H groups in total. The van der Waals surface area contributed by atoms with E-state index >= 15 is 0 Å². The van der Waals surface area contributed by atoms with Crippen LogP contribution in [0.5, 0.6) is 5.75 Å². The predicted molar refractivity (Wildman–Crippen MR) is 117 cm³/mol. The molecule has 3 rings (SSSR count). The first-order chi connectivity index (χ1) is 14.2. The topological polar surface area (TPSA) is 69.0 Å². The minimum Gasteiger partial charge on any atom is -0.494 e. The Hall–Kier alpha value is -3.06. The summed E-state index contributed by atoms with van der Waals surface area (Å²) in [6.45, 7) is 6.99. The van der Waals surface area contributed by atoms with Gasteiger partial charge in [0.25, 0.3) is 0 Å². The monoisotopic (exact) mass is 408 g/mol. The zero-order valence-electron chi connectivity index (χ0n) is 16.4. The highest BCUT2D eigenvalue weighted by Crippen LogP contribution is 2.24. The summed E-state index contributed by atoms with van der Waals surface area (Å²) >= 11 is 1.51. The molecule has 0 aliphatic carbocycles. The van der Waals surface area contributed by atoms with E-state index in [-0.39, 0.29) is 5.91 Å². The summed E-state index contributed by atoms with van der Waals surface area (Å²) in [6, 6.07) is 17.3. The molecule has 1 amide bonds. The van der Waals surface area contributed by atoms with E-state index in [9.17, 15) is 4.79 Å². The number of benzene rings is 2. The lowest BCUT2D eigenvalue weighted by molar-refractivity contribution is -0.115. The second-order valence-corrected chi connectivity index (χ2v) is 7.24. The van der Waals surface area contributed by atoms with Crippen LogP contribution in [-0.2, 0) is 11.3 Å². The standard InChI is InChI=1S/C22H24N4O2S/c1-3-15-26-21(17-8-6-5-7-9-17)24-25-22(26)29-16-14-20(27)23-18-10-12-19(13-11-18)28-4-2/h3,5-13H,1,4,14-16H2,2H3,(H,23,27). The number of carbonyl (C=O) groups is 1. The smallest absolute Gasteiger partial charge is 0.225 e. The highest BCUT2D eigenvalue weighted by Gasteiger charge is 2.14. The Balaban J connectivity index is 1.56. The molecule has 0 saturated heterocycles. The Labute approximate surface area is 175 Å². The number of anilines is 1. The van der Waals surface area contributed by atoms with Gasteiger partial charge in [0.2, 0.25) is 5.91 Å². The number of nitrogens with zero attached hydrogens (tertiary/aromatic N) is 3. The van der Waals surface area contributed by atoms with Crippen LogP contribution in [0.15, 0.2) is 72.4 Å². The second kappa shape index (κ2) is 10.5. The molecule has 0 radical (unpaired) electrons. The lowest BCUT2D eigenvalue weighted by Crippen LogP contribution is -2.12. The highest BCUT2D eigenvalue weighted by atomic mass is 32.2. The van der Waals surface area contributed by atoms with Gasteiger partial charge in [0, 0.05) is 30.0 Å². The SMILES string of the molecule is C=CCn1c(SCCC(=O)Nc2ccc(OCC)cc2)nnc1-c1ccccc1. The van der Waals surface area contributed by atoms with E-state index in [0.29, 0.717) is 25.3 Å². The summed E-state index contributed by atoms with van der Waals surface area (Å²) in [6.07, 6.45) is 2.19. The Morgan fingerprint density at radius 2 is 1.93 bits per heavy atom. The Bertz CT molecular complexity index is 939. The minimum atomic E-state index is -0.0419. The fourth-order valence-corrected chi connectivity index (χ4v) is 3.64. The molecule has 0 saturated carbocycles. The van der Waals surface area contributed by atoms with Gasteiger partial charge in [0.05, 0.1) is 6.61 Å². The van der Waals surface area contributed by atoms with E-state index in [1.165, 1.54) is 11.8 Å². The van der Waals surface area contributed by atoms with Gasteiger partial charge in [-0.05, 0) is 31.2 Å². The van der Waals surface area contributed by atoms with Crippen molar-refractivity contribution in [1.29, 1.82) is 0 Å². The van der Waals surface area contributed by atoms with Crippen LogP contribution in [0.4, 0.5) is 5.69 Å². The zero-order valence-corrected chi connectivity index (χ0v) is 17.2. The number of allylic oxidation sites excluding steroid dienone is 1. The summed E-state index contributed by atoms with van der Waals surface area (Å²) in [5.74, 6) is 2.15. The van der Waals surface area contributed by atoms with E-state index in [1.807, 2.05) is 72.2 Å². The Morgan fingerprint density at radius 1 is 1.17 bits per heavy atom. The Kier molecular flexibility index (Phi) is 7.47. The van der Waals surface area contributed by atoms with Gasteiger partial charge in [-0.1, -0.05) is 48.2 Å². The summed E-state index contributed by atoms with van der Waals surface area (Å²) < 4.78 is 7.42. The van der Waals surface area contributed by atoms with Gasteiger partial charge in [-0.15, -0.1) is 16.8 Å². The third-order valence-electron chi connectivity index (χ3n) is 4.07. The largest absolute Gasteiger partial charge is 0.494 e. The van der Waals surface area contributed by atoms with Crippen molar-refractivity contribution in [2.45, 2.75) is 25.0 Å². The molecule has 0 aliphatic rings. The molecular formula is C22H24N4O2S. The van der Waals surface area contributed by atoms with E-state index in [4.69, 9.17) is 4.74 Å². The Morgan fingerprint density at radius 3 is 2.62 bits per heavy atom. The number of nitrogens with one attached hydrogen (secondary N) is 1. The average molecular weight is 409 g/mol. The van der Waals surface area contributed by atoms with Gasteiger partial charge in [-0.2, -0.15) is 0 Å². The molecule has 1 heterocycles. The molecule has 0 aliphatic heterocycles. The molecule has 7 heteroatoms. The van der Waals surface area contributed by atoms with Crippen LogP contribution >= 0.6 is 11.8 Å². The van der Waals surface area contributed by atoms with Gasteiger partial charge in [-0.25, -0.2) is 0 Å². The van der Waals surface area contributed by atoms with Crippen LogP contribution in [0.3, 0.4) is 0 Å². The van der Waals surface area contributed by atoms with Gasteiger partial charge in [0.1, 0.15) is 5.75 Å². The first-order valence-electron chi connectivity index (χ1n) is 9.46. The average Bonchev–Trinajstić information content (AvgIpc) is 3.13. The first-order valence-corrected chi connectivity index (χ1v) is 10.4. The number of ether oxygens (including phenoxy) is 1. The number of amides is 1. The van der Waals surface area contributed by atoms with Crippen LogP contribution < -0.4 is 10.1 Å². The van der Waals surface area contributed by atoms with Crippen molar-refractivity contribution in [3.63, 3.8) is 0 Å². The fraction of sp³-hybridized carbons (Fsp3) is 0.227. The maximum atomic E-state index is 12.2. The summed E-state index contributed by atoms with van der Waals surface area (Å²) in [4.78, 5) is 12.2. The fourth-order valence-electron chi connectivity index (χ4n) is 2.75. The van der Waals surface area contributed by atoms with Crippen molar-refractivity contribution >= 4 is 23.4 Å². The van der Waals surface area contributed by atoms with E-state index in [2.05, 4.69) is 22.1 Å². The molecule has 1 aromatic heterocycles. The zero-order chi connectivity index (χ0) is 20.5. The molecule has 0 atom stereocenters. The summed E-state index contributed by atoms with van der Waals surface area (Å²) in [7, 11) is 0. The number of hydrogen-bond donors (Lipinski definition) is 1. The van der Waals surface area contributed by atoms with E-state index in [0.717, 1.165) is 28.0 Å². The van der Waals surface area contributed by atoms with Gasteiger partial charge >= 0.3 is 0 Å². The molecular weight excluding hydrogens is 384 g/mol. The van der Waals surface area contributed by atoms with Gasteiger partial charge < -0.3 is 10.1 Å². The normalized spacial score (nSPS) is 10.5. The van der Waals surface area contributed by atoms with Crippen molar-refractivity contribution in [3.8, 4) is 17.1 Å². The van der Waals surface area contributed by atoms with Crippen LogP contribution in [0, 0.1) is 0 Å². The van der Waals surface area contributed by atoms with Gasteiger partial charge in [0.15, 0.2) is 11.0 Å². The lowest BCUT2D eigenvalue weighted by atomic mass is 10.2. The first kappa shape index (κ1) is 20.7. The van der Waals surface area contributed by atoms with Crippen molar-refractivity contribution in [2.75, 3.05) is 17.7 Å². The van der Waals surface area contributed by atoms with Gasteiger partial charge in [-0.3, -0.25) is 9.36 Å². The highest BCUT2D eigenvalue weighted by molar-refractivity contribution is 7.99. The summed E-state index contributed by atoms with van der Waals surface area (Å²) in [5, 5.41) is 12.3. The molecule has 150 valence electrons. The number of aromatic nitrogens is 3. The van der Waals surface area contributed by atoms with E-state index < -0.39 is 0 Å². The second-order valence-electron chi connectivity index (χ2n) is 6.18. The lowest BCUT2D eigenvalue weighted by Gasteiger charge is -2.08. The van der Waals surface area contributed by atoms with Crippen LogP contribution in [0.2, 0.25) is 0 Å². The molecule has 3 aromatic rings. The number of carbonyl (C=O) groups excluding carboxylic acids is 1. The number of rotatable bonds is 10. The molecule has 0 spiro atoms. The van der Waals surface area contributed by atoms with Crippen molar-refractivity contribution in [1.82, 2.24) is 14.8 Å². The van der Waals surface area contributed by atoms with Crippen molar-refractivity contribution in [3.05, 3.63) is 67.3 Å². The molecule has 0 unspecified atom stereocenters. The molecule has 29 heavy (non-hydrogen) atoms. The quantitative estimate of drug-likeness (QED) is 0.391. The van der Waals surface area contributed by atoms with Crippen LogP contribution in [0.1, 0.15) is 13.3 Å². The maximum Gasteiger partial charge on any atom is 0.225 e. The predicted octanol–water partition coefficient (Wildman–Crippen LogP) is 4.65. The van der Waals surface area contributed by atoms with Crippen LogP contribution in [0.25, 0.3) is 11.4 Å². The molecule has 0 fully saturated rings. The third-order valence-corrected chi connectivity index (χ3v) is 5.04. The third kappa shape index (κ3) is 5.71. The molecule has 0 bridgehead atoms. The van der Waals surface area contributed by atoms with Crippen LogP contribution in [-0.4, -0.2) is 33.0 Å². The summed E-state index contributed by atoms with van der Waals surface area (Å²) in [5.41, 5.74) is 1.76. The van der Waals surface area contributed by atoms with Crippen molar-refractivity contribution in [2.24, 2.45) is 0 Å². The maximum absolute atomic E-state index is 12.2.